The van der Waals surface area contributed by atoms with Crippen LogP contribution in [0.15, 0.2) is 28.7 Å². The van der Waals surface area contributed by atoms with E-state index in [4.69, 9.17) is 14.3 Å². The van der Waals surface area contributed by atoms with Gasteiger partial charge in [0.15, 0.2) is 0 Å². The molecule has 0 atom stereocenters. The molecule has 1 aliphatic rings. The fraction of sp³-hybridized carbons (Fsp3) is 0.154. The van der Waals surface area contributed by atoms with E-state index in [9.17, 15) is 4.79 Å². The van der Waals surface area contributed by atoms with E-state index >= 15 is 0 Å². The average molecular weight is 258 g/mol. The highest BCUT2D eigenvalue weighted by Gasteiger charge is 2.14. The number of hydrogen-bond donors (Lipinski definition) is 1. The van der Waals surface area contributed by atoms with Gasteiger partial charge in [0, 0.05) is 17.7 Å². The zero-order valence-electron chi connectivity index (χ0n) is 9.87. The molecule has 1 aromatic heterocycles. The lowest BCUT2D eigenvalue weighted by molar-refractivity contribution is -0.131. The summed E-state index contributed by atoms with van der Waals surface area (Å²) in [5.41, 5.74) is 3.07. The van der Waals surface area contributed by atoms with Crippen molar-refractivity contribution >= 4 is 12.0 Å². The number of carboxylic acids is 1. The van der Waals surface area contributed by atoms with Gasteiger partial charge >= 0.3 is 5.97 Å². The fourth-order valence-electron chi connectivity index (χ4n) is 1.87. The van der Waals surface area contributed by atoms with Crippen molar-refractivity contribution in [3.05, 3.63) is 41.3 Å². The Kier molecular flexibility index (Phi) is 2.85. The van der Waals surface area contributed by atoms with Crippen LogP contribution in [0.4, 0.5) is 0 Å². The molecule has 0 bridgehead atoms. The lowest BCUT2D eigenvalue weighted by Gasteiger charge is -1.98. The number of fused-ring (bicyclic) bond motifs is 1. The van der Waals surface area contributed by atoms with Crippen molar-refractivity contribution < 1.29 is 19.1 Å². The Balaban J connectivity index is 1.88. The number of rotatable bonds is 3. The van der Waals surface area contributed by atoms with E-state index < -0.39 is 5.97 Å². The first-order chi connectivity index (χ1) is 9.22. The smallest absolute Gasteiger partial charge is 0.328 e. The summed E-state index contributed by atoms with van der Waals surface area (Å²) in [4.78, 5) is 10.4. The minimum atomic E-state index is -1.06. The molecule has 0 unspecified atom stereocenters. The summed E-state index contributed by atoms with van der Waals surface area (Å²) >= 11 is 0. The Morgan fingerprint density at radius 2 is 2.11 bits per heavy atom. The summed E-state index contributed by atoms with van der Waals surface area (Å²) in [6, 6.07) is 5.79. The molecule has 0 spiro atoms. The number of benzene rings is 1. The molecule has 0 fully saturated rings. The number of ether oxygens (including phenoxy) is 1. The Labute approximate surface area is 108 Å². The predicted molar refractivity (Wildman–Crippen MR) is 64.9 cm³/mol. The summed E-state index contributed by atoms with van der Waals surface area (Å²) in [5.74, 6) is -0.539. The largest absolute Gasteiger partial charge is 0.478 e. The van der Waals surface area contributed by atoms with E-state index in [-0.39, 0.29) is 5.89 Å². The van der Waals surface area contributed by atoms with E-state index in [1.165, 1.54) is 6.08 Å². The highest BCUT2D eigenvalue weighted by Crippen LogP contribution is 2.26. The lowest BCUT2D eigenvalue weighted by Crippen LogP contribution is -1.85. The van der Waals surface area contributed by atoms with Gasteiger partial charge in [-0.3, -0.25) is 0 Å². The highest BCUT2D eigenvalue weighted by molar-refractivity contribution is 5.84. The van der Waals surface area contributed by atoms with Gasteiger partial charge in [0.05, 0.1) is 13.2 Å². The molecule has 2 heterocycles. The molecule has 0 saturated heterocycles. The molecule has 3 rings (SSSR count). The van der Waals surface area contributed by atoms with Gasteiger partial charge in [-0.25, -0.2) is 4.79 Å². The SMILES string of the molecule is O=C(O)/C=C/c1nnc(-c2ccc3c(c2)COC3)o1. The third-order valence-corrected chi connectivity index (χ3v) is 2.78. The average Bonchev–Trinajstić information content (AvgIpc) is 3.04. The van der Waals surface area contributed by atoms with Gasteiger partial charge in [-0.15, -0.1) is 10.2 Å². The third kappa shape index (κ3) is 2.38. The monoisotopic (exact) mass is 258 g/mol. The minimum absolute atomic E-state index is 0.161. The Hall–Kier alpha value is -2.47. The van der Waals surface area contributed by atoms with Gasteiger partial charge in [0.1, 0.15) is 0 Å². The minimum Gasteiger partial charge on any atom is -0.478 e. The molecule has 1 aliphatic heterocycles. The molecule has 0 saturated carbocycles. The molecule has 0 aliphatic carbocycles. The number of carboxylic acid groups (broad SMARTS) is 1. The maximum Gasteiger partial charge on any atom is 0.328 e. The number of nitrogens with zero attached hydrogens (tertiary/aromatic N) is 2. The predicted octanol–water partition coefficient (Wildman–Crippen LogP) is 1.86. The molecular formula is C13H10N2O4. The number of aliphatic carboxylic acids is 1. The van der Waals surface area contributed by atoms with Crippen LogP contribution in [-0.4, -0.2) is 21.3 Å². The number of hydrogen-bond acceptors (Lipinski definition) is 5. The second kappa shape index (κ2) is 4.66. The first-order valence-electron chi connectivity index (χ1n) is 5.67. The van der Waals surface area contributed by atoms with Crippen molar-refractivity contribution in [2.45, 2.75) is 13.2 Å². The van der Waals surface area contributed by atoms with Crippen molar-refractivity contribution in [2.24, 2.45) is 0 Å². The molecule has 19 heavy (non-hydrogen) atoms. The van der Waals surface area contributed by atoms with Crippen LogP contribution in [0.3, 0.4) is 0 Å². The quantitative estimate of drug-likeness (QED) is 0.846. The van der Waals surface area contributed by atoms with Crippen LogP contribution in [0.5, 0.6) is 0 Å². The van der Waals surface area contributed by atoms with Crippen molar-refractivity contribution in [3.8, 4) is 11.5 Å². The van der Waals surface area contributed by atoms with E-state index in [1.807, 2.05) is 18.2 Å². The summed E-state index contributed by atoms with van der Waals surface area (Å²) in [5, 5.41) is 16.2. The van der Waals surface area contributed by atoms with Crippen LogP contribution in [0.25, 0.3) is 17.5 Å². The summed E-state index contributed by atoms with van der Waals surface area (Å²) in [6.07, 6.45) is 2.21. The Morgan fingerprint density at radius 1 is 1.26 bits per heavy atom. The van der Waals surface area contributed by atoms with Crippen LogP contribution in [0, 0.1) is 0 Å². The zero-order valence-corrected chi connectivity index (χ0v) is 9.87. The lowest BCUT2D eigenvalue weighted by atomic mass is 10.1. The van der Waals surface area contributed by atoms with E-state index in [0.717, 1.165) is 22.8 Å². The first kappa shape index (κ1) is 11.6. The number of carbonyl (C=O) groups is 1. The fourth-order valence-corrected chi connectivity index (χ4v) is 1.87. The molecule has 6 heteroatoms. The van der Waals surface area contributed by atoms with E-state index in [2.05, 4.69) is 10.2 Å². The van der Waals surface area contributed by atoms with Crippen LogP contribution < -0.4 is 0 Å². The summed E-state index contributed by atoms with van der Waals surface area (Å²) in [6.45, 7) is 1.22. The molecule has 0 amide bonds. The van der Waals surface area contributed by atoms with Crippen LogP contribution >= 0.6 is 0 Å². The van der Waals surface area contributed by atoms with E-state index in [1.54, 1.807) is 0 Å². The maximum absolute atomic E-state index is 10.4. The van der Waals surface area contributed by atoms with Gasteiger partial charge < -0.3 is 14.3 Å². The van der Waals surface area contributed by atoms with Gasteiger partial charge in [-0.2, -0.15) is 0 Å². The van der Waals surface area contributed by atoms with E-state index in [0.29, 0.717) is 19.1 Å². The molecule has 96 valence electrons. The molecule has 2 aromatic rings. The van der Waals surface area contributed by atoms with Gasteiger partial charge in [0.25, 0.3) is 0 Å². The number of aromatic nitrogens is 2. The van der Waals surface area contributed by atoms with Crippen molar-refractivity contribution in [1.29, 1.82) is 0 Å². The van der Waals surface area contributed by atoms with Crippen molar-refractivity contribution in [1.82, 2.24) is 10.2 Å². The first-order valence-corrected chi connectivity index (χ1v) is 5.67. The van der Waals surface area contributed by atoms with Crippen LogP contribution in [0.2, 0.25) is 0 Å². The normalized spacial score (nSPS) is 13.9. The zero-order chi connectivity index (χ0) is 13.2. The molecule has 1 N–H and O–H groups in total. The van der Waals surface area contributed by atoms with Gasteiger partial charge in [-0.1, -0.05) is 6.07 Å². The topological polar surface area (TPSA) is 85.5 Å². The van der Waals surface area contributed by atoms with Crippen LogP contribution in [-0.2, 0) is 22.7 Å². The Morgan fingerprint density at radius 3 is 2.95 bits per heavy atom. The second-order valence-corrected chi connectivity index (χ2v) is 4.09. The van der Waals surface area contributed by atoms with Crippen molar-refractivity contribution in [3.63, 3.8) is 0 Å². The molecule has 1 aromatic carbocycles. The van der Waals surface area contributed by atoms with Gasteiger partial charge in [-0.05, 0) is 23.3 Å². The van der Waals surface area contributed by atoms with Crippen molar-refractivity contribution in [2.75, 3.05) is 0 Å². The second-order valence-electron chi connectivity index (χ2n) is 4.09. The maximum atomic E-state index is 10.4. The molecular weight excluding hydrogens is 248 g/mol. The summed E-state index contributed by atoms with van der Waals surface area (Å²) in [7, 11) is 0. The standard InChI is InChI=1S/C13H10N2O4/c16-12(17)4-3-11-14-15-13(19-11)8-1-2-9-6-18-7-10(9)5-8/h1-5H,6-7H2,(H,16,17)/b4-3+. The van der Waals surface area contributed by atoms with Gasteiger partial charge in [0.2, 0.25) is 11.8 Å². The molecule has 6 nitrogen and oxygen atoms in total. The highest BCUT2D eigenvalue weighted by atomic mass is 16.5. The van der Waals surface area contributed by atoms with Crippen LogP contribution in [0.1, 0.15) is 17.0 Å². The third-order valence-electron chi connectivity index (χ3n) is 2.78. The Bertz CT molecular complexity index is 660. The summed E-state index contributed by atoms with van der Waals surface area (Å²) < 4.78 is 10.7. The molecule has 0 radical (unpaired) electrons.